The van der Waals surface area contributed by atoms with E-state index in [-0.39, 0.29) is 5.91 Å². The molecule has 0 aliphatic rings. The Morgan fingerprint density at radius 3 is 2.52 bits per heavy atom. The first-order valence-corrected chi connectivity index (χ1v) is 8.52. The van der Waals surface area contributed by atoms with E-state index in [1.165, 1.54) is 0 Å². The van der Waals surface area contributed by atoms with Crippen molar-refractivity contribution in [2.24, 2.45) is 5.73 Å². The molecule has 3 N–H and O–H groups in total. The number of nitrogens with zero attached hydrogens (tertiary/aromatic N) is 1. The average Bonchev–Trinajstić information content (AvgIpc) is 2.62. The number of nitrogens with two attached hydrogens (primary N) is 1. The molecule has 0 aliphatic carbocycles. The van der Waals surface area contributed by atoms with Gasteiger partial charge in [0, 0.05) is 22.5 Å². The molecule has 5 nitrogen and oxygen atoms in total. The first-order chi connectivity index (χ1) is 12.0. The van der Waals surface area contributed by atoms with Crippen LogP contribution < -0.4 is 11.1 Å². The minimum Gasteiger partial charge on any atom is -0.368 e. The van der Waals surface area contributed by atoms with E-state index >= 15 is 0 Å². The number of aromatic nitrogens is 1. The van der Waals surface area contributed by atoms with E-state index in [9.17, 15) is 9.59 Å². The van der Waals surface area contributed by atoms with Gasteiger partial charge in [0.15, 0.2) is 0 Å². The smallest absolute Gasteiger partial charge is 0.254 e. The Balaban J connectivity index is 1.83. The molecule has 0 radical (unpaired) electrons. The van der Waals surface area contributed by atoms with Gasteiger partial charge in [-0.3, -0.25) is 14.6 Å². The summed E-state index contributed by atoms with van der Waals surface area (Å²) in [6, 6.07) is 15.8. The maximum absolute atomic E-state index is 12.7. The molecule has 0 unspecified atom stereocenters. The van der Waals surface area contributed by atoms with E-state index in [0.717, 1.165) is 15.4 Å². The lowest BCUT2D eigenvalue weighted by Crippen LogP contribution is -2.45. The Kier molecular flexibility index (Phi) is 5.09. The van der Waals surface area contributed by atoms with Gasteiger partial charge in [-0.25, -0.2) is 0 Å². The zero-order valence-corrected chi connectivity index (χ0v) is 14.9. The van der Waals surface area contributed by atoms with Crippen molar-refractivity contribution in [1.82, 2.24) is 10.3 Å². The Morgan fingerprint density at radius 2 is 1.80 bits per heavy atom. The first-order valence-electron chi connectivity index (χ1n) is 7.73. The van der Waals surface area contributed by atoms with Crippen molar-refractivity contribution in [2.75, 3.05) is 0 Å². The van der Waals surface area contributed by atoms with E-state index in [4.69, 9.17) is 5.73 Å². The molecule has 1 heterocycles. The number of carbonyl (C=O) groups excluding carboxylic acids is 2. The Morgan fingerprint density at radius 1 is 1.08 bits per heavy atom. The van der Waals surface area contributed by atoms with Crippen molar-refractivity contribution in [1.29, 1.82) is 0 Å². The van der Waals surface area contributed by atoms with Crippen molar-refractivity contribution in [3.63, 3.8) is 0 Å². The minimum absolute atomic E-state index is 0.326. The van der Waals surface area contributed by atoms with E-state index in [1.807, 2.05) is 42.5 Å². The van der Waals surface area contributed by atoms with Gasteiger partial charge in [-0.05, 0) is 29.8 Å². The number of hydrogen-bond donors (Lipinski definition) is 2. The van der Waals surface area contributed by atoms with E-state index in [0.29, 0.717) is 17.5 Å². The van der Waals surface area contributed by atoms with Crippen LogP contribution in [0.1, 0.15) is 15.9 Å². The molecule has 0 saturated heterocycles. The number of rotatable bonds is 5. The van der Waals surface area contributed by atoms with Crippen molar-refractivity contribution in [3.8, 4) is 0 Å². The van der Waals surface area contributed by atoms with Crippen molar-refractivity contribution in [3.05, 3.63) is 76.4 Å². The van der Waals surface area contributed by atoms with Gasteiger partial charge in [0.2, 0.25) is 5.91 Å². The Bertz CT molecular complexity index is 920. The lowest BCUT2D eigenvalue weighted by molar-refractivity contribution is -0.119. The van der Waals surface area contributed by atoms with Crippen LogP contribution in [0.15, 0.2) is 65.3 Å². The summed E-state index contributed by atoms with van der Waals surface area (Å²) in [7, 11) is 0. The van der Waals surface area contributed by atoms with Gasteiger partial charge in [0.05, 0.1) is 11.1 Å². The maximum Gasteiger partial charge on any atom is 0.254 e. The fourth-order valence-electron chi connectivity index (χ4n) is 2.60. The Labute approximate surface area is 153 Å². The van der Waals surface area contributed by atoms with Gasteiger partial charge < -0.3 is 11.1 Å². The van der Waals surface area contributed by atoms with E-state index in [1.54, 1.807) is 18.3 Å². The number of benzene rings is 2. The van der Waals surface area contributed by atoms with Crippen LogP contribution in [0.2, 0.25) is 0 Å². The molecular weight excluding hydrogens is 382 g/mol. The predicted octanol–water partition coefficient (Wildman–Crippen LogP) is 2.82. The lowest BCUT2D eigenvalue weighted by atomic mass is 10.0. The molecule has 6 heteroatoms. The van der Waals surface area contributed by atoms with Gasteiger partial charge in [-0.15, -0.1) is 0 Å². The summed E-state index contributed by atoms with van der Waals surface area (Å²) in [6.07, 6.45) is 1.96. The second kappa shape index (κ2) is 7.44. The predicted molar refractivity (Wildman–Crippen MR) is 100 cm³/mol. The number of pyridine rings is 1. The van der Waals surface area contributed by atoms with E-state index < -0.39 is 11.9 Å². The number of halogens is 1. The monoisotopic (exact) mass is 397 g/mol. The molecule has 2 aromatic carbocycles. The van der Waals surface area contributed by atoms with Crippen LogP contribution in [-0.2, 0) is 11.2 Å². The number of amides is 2. The van der Waals surface area contributed by atoms with Crippen molar-refractivity contribution < 1.29 is 9.59 Å². The van der Waals surface area contributed by atoms with Gasteiger partial charge in [-0.1, -0.05) is 46.3 Å². The van der Waals surface area contributed by atoms with Crippen molar-refractivity contribution in [2.45, 2.75) is 12.5 Å². The highest BCUT2D eigenvalue weighted by Gasteiger charge is 2.21. The van der Waals surface area contributed by atoms with Crippen LogP contribution >= 0.6 is 15.9 Å². The molecule has 3 aromatic rings. The molecular formula is C19H16BrN3O2. The van der Waals surface area contributed by atoms with Gasteiger partial charge >= 0.3 is 0 Å². The minimum atomic E-state index is -0.798. The first kappa shape index (κ1) is 17.1. The summed E-state index contributed by atoms with van der Waals surface area (Å²) >= 11 is 3.37. The molecule has 1 atom stereocenters. The fourth-order valence-corrected chi connectivity index (χ4v) is 2.87. The molecule has 2 amide bonds. The summed E-state index contributed by atoms with van der Waals surface area (Å²) in [5.41, 5.74) is 7.39. The van der Waals surface area contributed by atoms with Crippen LogP contribution in [0.3, 0.4) is 0 Å². The van der Waals surface area contributed by atoms with Crippen LogP contribution in [0, 0.1) is 0 Å². The third kappa shape index (κ3) is 4.03. The summed E-state index contributed by atoms with van der Waals surface area (Å²) in [5, 5.41) is 3.58. The maximum atomic E-state index is 12.7. The van der Waals surface area contributed by atoms with E-state index in [2.05, 4.69) is 26.2 Å². The van der Waals surface area contributed by atoms with Crippen LogP contribution in [0.25, 0.3) is 10.9 Å². The van der Waals surface area contributed by atoms with Gasteiger partial charge in [0.25, 0.3) is 5.91 Å². The quantitative estimate of drug-likeness (QED) is 0.693. The topological polar surface area (TPSA) is 85.1 Å². The molecule has 0 saturated carbocycles. The number of primary amides is 1. The summed E-state index contributed by atoms with van der Waals surface area (Å²) < 4.78 is 0.942. The average molecular weight is 398 g/mol. The second-order valence-corrected chi connectivity index (χ2v) is 6.56. The Hall–Kier alpha value is -2.73. The zero-order chi connectivity index (χ0) is 17.8. The van der Waals surface area contributed by atoms with Gasteiger partial charge in [-0.2, -0.15) is 0 Å². The van der Waals surface area contributed by atoms with Crippen LogP contribution in [0.4, 0.5) is 0 Å². The SMILES string of the molecule is NC(=O)[C@@H](Cc1ccc(Br)cc1)NC(=O)c1cccc2cccnc12. The highest BCUT2D eigenvalue weighted by molar-refractivity contribution is 9.10. The summed E-state index contributed by atoms with van der Waals surface area (Å²) in [4.78, 5) is 28.7. The van der Waals surface area contributed by atoms with Gasteiger partial charge in [0.1, 0.15) is 6.04 Å². The normalized spacial score (nSPS) is 11.9. The number of nitrogens with one attached hydrogen (secondary N) is 1. The highest BCUT2D eigenvalue weighted by Crippen LogP contribution is 2.16. The molecule has 0 bridgehead atoms. The molecule has 25 heavy (non-hydrogen) atoms. The zero-order valence-electron chi connectivity index (χ0n) is 13.3. The van der Waals surface area contributed by atoms with Crippen LogP contribution in [0.5, 0.6) is 0 Å². The lowest BCUT2D eigenvalue weighted by Gasteiger charge is -2.16. The molecule has 0 spiro atoms. The van der Waals surface area contributed by atoms with Crippen molar-refractivity contribution >= 4 is 38.6 Å². The number of para-hydroxylation sites is 1. The molecule has 126 valence electrons. The number of carbonyl (C=O) groups is 2. The third-order valence-electron chi connectivity index (χ3n) is 3.88. The molecule has 1 aromatic heterocycles. The van der Waals surface area contributed by atoms with Crippen LogP contribution in [-0.4, -0.2) is 22.8 Å². The number of hydrogen-bond acceptors (Lipinski definition) is 3. The molecule has 3 rings (SSSR count). The summed E-state index contributed by atoms with van der Waals surface area (Å²) in [5.74, 6) is -0.949. The largest absolute Gasteiger partial charge is 0.368 e. The highest BCUT2D eigenvalue weighted by atomic mass is 79.9. The second-order valence-electron chi connectivity index (χ2n) is 5.64. The molecule has 0 aliphatic heterocycles. The third-order valence-corrected chi connectivity index (χ3v) is 4.41. The fraction of sp³-hybridized carbons (Fsp3) is 0.105. The number of fused-ring (bicyclic) bond motifs is 1. The molecule has 0 fully saturated rings. The summed E-state index contributed by atoms with van der Waals surface area (Å²) in [6.45, 7) is 0. The standard InChI is InChI=1S/C19H16BrN3O2/c20-14-8-6-12(7-9-14)11-16(18(21)24)23-19(25)15-5-1-3-13-4-2-10-22-17(13)15/h1-10,16H,11H2,(H2,21,24)(H,23,25)/t16-/m1/s1.